The summed E-state index contributed by atoms with van der Waals surface area (Å²) in [6.45, 7) is 5.60. The van der Waals surface area contributed by atoms with E-state index in [1.54, 1.807) is 13.8 Å². The van der Waals surface area contributed by atoms with Gasteiger partial charge < -0.3 is 19.8 Å². The van der Waals surface area contributed by atoms with Crippen LogP contribution in [0.15, 0.2) is 48.7 Å². The first-order valence-corrected chi connectivity index (χ1v) is 11.0. The molecule has 3 aromatic rings. The van der Waals surface area contributed by atoms with Crippen LogP contribution in [0.2, 0.25) is 0 Å². The molecule has 0 bridgehead atoms. The van der Waals surface area contributed by atoms with Crippen LogP contribution in [0, 0.1) is 5.41 Å². The highest BCUT2D eigenvalue weighted by Crippen LogP contribution is 2.25. The second kappa shape index (κ2) is 9.77. The monoisotopic (exact) mass is 437 g/mol. The molecule has 1 fully saturated rings. The van der Waals surface area contributed by atoms with Gasteiger partial charge >= 0.3 is 0 Å². The zero-order chi connectivity index (χ0) is 22.6. The van der Waals surface area contributed by atoms with Crippen LogP contribution in [0.3, 0.4) is 0 Å². The van der Waals surface area contributed by atoms with Crippen LogP contribution in [0.4, 0.5) is 5.82 Å². The lowest BCUT2D eigenvalue weighted by atomic mass is 9.94. The first-order chi connectivity index (χ1) is 15.4. The predicted molar refractivity (Wildman–Crippen MR) is 122 cm³/mol. The summed E-state index contributed by atoms with van der Waals surface area (Å²) in [4.78, 5) is 11.5. The first-order valence-electron chi connectivity index (χ1n) is 11.0. The van der Waals surface area contributed by atoms with Gasteiger partial charge in [-0.3, -0.25) is 5.10 Å². The molecule has 1 aliphatic heterocycles. The van der Waals surface area contributed by atoms with Crippen LogP contribution in [0.1, 0.15) is 38.1 Å². The molecule has 32 heavy (non-hydrogen) atoms. The largest absolute Gasteiger partial charge is 0.377 e. The van der Waals surface area contributed by atoms with Gasteiger partial charge in [-0.25, -0.2) is 9.97 Å². The Morgan fingerprint density at radius 1 is 1.12 bits per heavy atom. The van der Waals surface area contributed by atoms with Gasteiger partial charge in [-0.2, -0.15) is 5.10 Å². The molecule has 3 heterocycles. The Bertz CT molecular complexity index is 980. The second-order valence-electron chi connectivity index (χ2n) is 9.03. The van der Waals surface area contributed by atoms with E-state index in [0.717, 1.165) is 43.1 Å². The lowest BCUT2D eigenvalue weighted by molar-refractivity contribution is -0.154. The molecule has 1 saturated heterocycles. The molecule has 1 aromatic carbocycles. The van der Waals surface area contributed by atoms with Gasteiger partial charge in [-0.1, -0.05) is 44.2 Å². The SMILES string of the molecule is CC(C)(COC1CCN(c2ccc(-c3n[nH]c(Cc4ccccc4)n3)cn2)CC1)C(O)O. The molecule has 0 radical (unpaired) electrons. The van der Waals surface area contributed by atoms with E-state index >= 15 is 0 Å². The van der Waals surface area contributed by atoms with E-state index in [-0.39, 0.29) is 6.10 Å². The molecule has 0 aliphatic carbocycles. The molecule has 0 unspecified atom stereocenters. The van der Waals surface area contributed by atoms with Crippen LogP contribution in [0.5, 0.6) is 0 Å². The number of ether oxygens (including phenoxy) is 1. The first kappa shape index (κ1) is 22.4. The molecule has 0 amide bonds. The number of aromatic amines is 1. The summed E-state index contributed by atoms with van der Waals surface area (Å²) >= 11 is 0. The van der Waals surface area contributed by atoms with Gasteiger partial charge in [0.05, 0.1) is 12.7 Å². The van der Waals surface area contributed by atoms with E-state index in [1.165, 1.54) is 5.56 Å². The number of nitrogens with one attached hydrogen (secondary N) is 1. The topological polar surface area (TPSA) is 107 Å². The lowest BCUT2D eigenvalue weighted by Crippen LogP contribution is -2.40. The zero-order valence-corrected chi connectivity index (χ0v) is 18.6. The van der Waals surface area contributed by atoms with Crippen molar-refractivity contribution >= 4 is 5.82 Å². The normalized spacial score (nSPS) is 15.5. The third-order valence-corrected chi connectivity index (χ3v) is 5.91. The standard InChI is InChI=1S/C24H31N5O3/c1-24(2,23(30)31)16-32-19-10-12-29(13-11-19)21-9-8-18(15-25-21)22-26-20(27-28-22)14-17-6-4-3-5-7-17/h3-9,15,19,23,30-31H,10-14,16H2,1-2H3,(H,26,27,28). The molecular formula is C24H31N5O3. The Balaban J connectivity index is 1.30. The second-order valence-corrected chi connectivity index (χ2v) is 9.03. The molecule has 1 aliphatic rings. The number of aliphatic hydroxyl groups excluding tert-OH is 1. The summed E-state index contributed by atoms with van der Waals surface area (Å²) in [6.07, 6.45) is 3.03. The maximum atomic E-state index is 9.42. The van der Waals surface area contributed by atoms with Crippen LogP contribution >= 0.6 is 0 Å². The Kier molecular flexibility index (Phi) is 6.83. The third-order valence-electron chi connectivity index (χ3n) is 5.91. The van der Waals surface area contributed by atoms with Crippen molar-refractivity contribution in [2.45, 2.75) is 45.5 Å². The fraction of sp³-hybridized carbons (Fsp3) is 0.458. The number of piperidine rings is 1. The van der Waals surface area contributed by atoms with Crippen LogP contribution in [0.25, 0.3) is 11.4 Å². The highest BCUT2D eigenvalue weighted by atomic mass is 16.5. The number of hydrogen-bond acceptors (Lipinski definition) is 7. The number of rotatable bonds is 8. The Hall–Kier alpha value is -2.81. The van der Waals surface area contributed by atoms with Crippen molar-refractivity contribution in [1.82, 2.24) is 20.2 Å². The molecule has 4 rings (SSSR count). The van der Waals surface area contributed by atoms with E-state index in [0.29, 0.717) is 18.9 Å². The van der Waals surface area contributed by atoms with E-state index in [2.05, 4.69) is 37.2 Å². The minimum absolute atomic E-state index is 0.125. The number of aliphatic hydroxyl groups is 2. The van der Waals surface area contributed by atoms with Crippen LogP contribution in [-0.4, -0.2) is 62.5 Å². The van der Waals surface area contributed by atoms with E-state index in [4.69, 9.17) is 4.74 Å². The Labute approximate surface area is 188 Å². The molecule has 8 nitrogen and oxygen atoms in total. The van der Waals surface area contributed by atoms with Crippen LogP contribution in [-0.2, 0) is 11.2 Å². The predicted octanol–water partition coefficient (Wildman–Crippen LogP) is 2.78. The number of nitrogens with zero attached hydrogens (tertiary/aromatic N) is 4. The van der Waals surface area contributed by atoms with Crippen molar-refractivity contribution in [3.8, 4) is 11.4 Å². The minimum Gasteiger partial charge on any atom is -0.377 e. The molecule has 3 N–H and O–H groups in total. The average Bonchev–Trinajstić information content (AvgIpc) is 3.27. The van der Waals surface area contributed by atoms with Crippen molar-refractivity contribution in [3.63, 3.8) is 0 Å². The number of H-pyrrole nitrogens is 1. The quantitative estimate of drug-likeness (QED) is 0.465. The lowest BCUT2D eigenvalue weighted by Gasteiger charge is -2.35. The van der Waals surface area contributed by atoms with Crippen molar-refractivity contribution < 1.29 is 14.9 Å². The van der Waals surface area contributed by atoms with Gasteiger partial charge in [-0.05, 0) is 30.5 Å². The smallest absolute Gasteiger partial charge is 0.182 e. The van der Waals surface area contributed by atoms with Gasteiger partial charge in [0.25, 0.3) is 0 Å². The van der Waals surface area contributed by atoms with Gasteiger partial charge in [0.15, 0.2) is 12.1 Å². The van der Waals surface area contributed by atoms with Crippen LogP contribution < -0.4 is 4.90 Å². The van der Waals surface area contributed by atoms with Crippen molar-refractivity contribution in [3.05, 3.63) is 60.0 Å². The summed E-state index contributed by atoms with van der Waals surface area (Å²) < 4.78 is 5.93. The maximum Gasteiger partial charge on any atom is 0.182 e. The van der Waals surface area contributed by atoms with Gasteiger partial charge in [-0.15, -0.1) is 0 Å². The number of anilines is 1. The Morgan fingerprint density at radius 3 is 2.53 bits per heavy atom. The number of pyridine rings is 1. The molecule has 0 atom stereocenters. The van der Waals surface area contributed by atoms with E-state index in [1.807, 2.05) is 36.5 Å². The summed E-state index contributed by atoms with van der Waals surface area (Å²) in [7, 11) is 0. The zero-order valence-electron chi connectivity index (χ0n) is 18.6. The number of benzene rings is 1. The van der Waals surface area contributed by atoms with E-state index < -0.39 is 11.7 Å². The highest BCUT2D eigenvalue weighted by molar-refractivity contribution is 5.56. The Morgan fingerprint density at radius 2 is 1.88 bits per heavy atom. The van der Waals surface area contributed by atoms with Gasteiger partial charge in [0, 0.05) is 36.7 Å². The van der Waals surface area contributed by atoms with Gasteiger partial charge in [0.1, 0.15) is 11.6 Å². The molecule has 170 valence electrons. The summed E-state index contributed by atoms with van der Waals surface area (Å²) in [5, 5.41) is 26.2. The number of hydrogen-bond donors (Lipinski definition) is 3. The molecular weight excluding hydrogens is 406 g/mol. The molecule has 0 saturated carbocycles. The fourth-order valence-corrected chi connectivity index (χ4v) is 3.66. The summed E-state index contributed by atoms with van der Waals surface area (Å²) in [5.74, 6) is 2.41. The molecule has 8 heteroatoms. The third kappa shape index (κ3) is 5.51. The van der Waals surface area contributed by atoms with Crippen molar-refractivity contribution in [2.24, 2.45) is 5.41 Å². The number of aromatic nitrogens is 4. The fourth-order valence-electron chi connectivity index (χ4n) is 3.66. The van der Waals surface area contributed by atoms with Crippen molar-refractivity contribution in [1.29, 1.82) is 0 Å². The summed E-state index contributed by atoms with van der Waals surface area (Å²) in [6, 6.07) is 14.2. The highest BCUT2D eigenvalue weighted by Gasteiger charge is 2.29. The maximum absolute atomic E-state index is 9.42. The van der Waals surface area contributed by atoms with Gasteiger partial charge in [0.2, 0.25) is 0 Å². The summed E-state index contributed by atoms with van der Waals surface area (Å²) in [5.41, 5.74) is 1.40. The van der Waals surface area contributed by atoms with E-state index in [9.17, 15) is 10.2 Å². The average molecular weight is 438 g/mol. The van der Waals surface area contributed by atoms with Crippen molar-refractivity contribution in [2.75, 3.05) is 24.6 Å². The molecule has 0 spiro atoms. The molecule has 2 aromatic heterocycles. The minimum atomic E-state index is -1.39.